The van der Waals surface area contributed by atoms with Crippen molar-refractivity contribution >= 4 is 11.6 Å². The molecule has 0 bridgehead atoms. The second-order valence-corrected chi connectivity index (χ2v) is 4.77. The molecule has 0 fully saturated rings. The summed E-state index contributed by atoms with van der Waals surface area (Å²) in [6.45, 7) is 5.67. The van der Waals surface area contributed by atoms with E-state index in [0.717, 1.165) is 18.7 Å². The Balaban J connectivity index is 2.41. The maximum Gasteiger partial charge on any atom is 0.0762 e. The van der Waals surface area contributed by atoms with Crippen LogP contribution in [0.1, 0.15) is 32.0 Å². The summed E-state index contributed by atoms with van der Waals surface area (Å²) in [5.41, 5.74) is 1.05. The van der Waals surface area contributed by atoms with Crippen molar-refractivity contribution in [3.63, 3.8) is 0 Å². The molecular weight excluding hydrogens is 238 g/mol. The number of nitrogens with one attached hydrogen (secondary N) is 1. The minimum Gasteiger partial charge on any atom is -0.383 e. The first-order valence-electron chi connectivity index (χ1n) is 5.99. The molecule has 0 spiro atoms. The lowest BCUT2D eigenvalue weighted by atomic mass is 10.2. The zero-order chi connectivity index (χ0) is 12.7. The van der Waals surface area contributed by atoms with Crippen LogP contribution < -0.4 is 5.32 Å². The van der Waals surface area contributed by atoms with Crippen LogP contribution in [0.25, 0.3) is 0 Å². The highest BCUT2D eigenvalue weighted by atomic mass is 35.5. The molecule has 1 atom stereocenters. The van der Waals surface area contributed by atoms with Gasteiger partial charge in [-0.25, -0.2) is 0 Å². The van der Waals surface area contributed by atoms with Gasteiger partial charge in [0.1, 0.15) is 0 Å². The standard InChI is InChI=1S/C12H22ClN3O/c1-10(2)16-7-5-11(15-16)8-14-12(4-6-13)9-17-3/h5,7,10,12,14H,4,6,8-9H2,1-3H3. The summed E-state index contributed by atoms with van der Waals surface area (Å²) in [4.78, 5) is 0. The summed E-state index contributed by atoms with van der Waals surface area (Å²) >= 11 is 5.74. The van der Waals surface area contributed by atoms with E-state index in [-0.39, 0.29) is 0 Å². The average Bonchev–Trinajstić information content (AvgIpc) is 2.75. The zero-order valence-electron chi connectivity index (χ0n) is 10.8. The third-order valence-electron chi connectivity index (χ3n) is 2.59. The van der Waals surface area contributed by atoms with Crippen molar-refractivity contribution in [2.45, 2.75) is 38.9 Å². The van der Waals surface area contributed by atoms with Gasteiger partial charge >= 0.3 is 0 Å². The van der Waals surface area contributed by atoms with Crippen LogP contribution in [0.2, 0.25) is 0 Å². The van der Waals surface area contributed by atoms with Gasteiger partial charge in [-0.3, -0.25) is 4.68 Å². The molecule has 5 heteroatoms. The Bertz CT molecular complexity index is 308. The van der Waals surface area contributed by atoms with Crippen molar-refractivity contribution in [3.05, 3.63) is 18.0 Å². The van der Waals surface area contributed by atoms with Gasteiger partial charge in [-0.05, 0) is 26.3 Å². The summed E-state index contributed by atoms with van der Waals surface area (Å²) < 4.78 is 7.10. The zero-order valence-corrected chi connectivity index (χ0v) is 11.6. The fourth-order valence-corrected chi connectivity index (χ4v) is 1.85. The highest BCUT2D eigenvalue weighted by molar-refractivity contribution is 6.17. The number of alkyl halides is 1. The van der Waals surface area contributed by atoms with Crippen molar-refractivity contribution in [2.24, 2.45) is 0 Å². The first-order chi connectivity index (χ1) is 8.17. The number of halogens is 1. The molecular formula is C12H22ClN3O. The van der Waals surface area contributed by atoms with Gasteiger partial charge in [0.15, 0.2) is 0 Å². The molecule has 17 heavy (non-hydrogen) atoms. The molecule has 0 aromatic carbocycles. The fourth-order valence-electron chi connectivity index (χ4n) is 1.59. The Labute approximate surface area is 108 Å². The van der Waals surface area contributed by atoms with Gasteiger partial charge in [-0.15, -0.1) is 11.6 Å². The van der Waals surface area contributed by atoms with Crippen molar-refractivity contribution in [1.82, 2.24) is 15.1 Å². The molecule has 0 amide bonds. The van der Waals surface area contributed by atoms with Crippen LogP contribution >= 0.6 is 11.6 Å². The lowest BCUT2D eigenvalue weighted by Gasteiger charge is -2.15. The van der Waals surface area contributed by atoms with Gasteiger partial charge in [-0.2, -0.15) is 5.10 Å². The molecule has 1 aromatic rings. The third-order valence-corrected chi connectivity index (χ3v) is 2.81. The summed E-state index contributed by atoms with van der Waals surface area (Å²) in [6.07, 6.45) is 2.91. The Hall–Kier alpha value is -0.580. The van der Waals surface area contributed by atoms with Crippen LogP contribution in [0.4, 0.5) is 0 Å². The van der Waals surface area contributed by atoms with E-state index in [2.05, 4.69) is 24.3 Å². The van der Waals surface area contributed by atoms with E-state index in [9.17, 15) is 0 Å². The van der Waals surface area contributed by atoms with Crippen LogP contribution in [-0.4, -0.2) is 35.4 Å². The molecule has 0 radical (unpaired) electrons. The Kier molecular flexibility index (Phi) is 6.55. The molecule has 1 heterocycles. The van der Waals surface area contributed by atoms with Gasteiger partial charge in [0, 0.05) is 37.8 Å². The number of methoxy groups -OCH3 is 1. The quantitative estimate of drug-likeness (QED) is 0.728. The maximum atomic E-state index is 5.74. The van der Waals surface area contributed by atoms with E-state index >= 15 is 0 Å². The summed E-state index contributed by atoms with van der Waals surface area (Å²) in [6, 6.07) is 2.74. The topological polar surface area (TPSA) is 39.1 Å². The van der Waals surface area contributed by atoms with Crippen molar-refractivity contribution in [3.8, 4) is 0 Å². The molecule has 0 aliphatic rings. The van der Waals surface area contributed by atoms with Gasteiger partial charge < -0.3 is 10.1 Å². The van der Waals surface area contributed by atoms with E-state index in [4.69, 9.17) is 16.3 Å². The van der Waals surface area contributed by atoms with Crippen molar-refractivity contribution in [2.75, 3.05) is 19.6 Å². The van der Waals surface area contributed by atoms with Crippen LogP contribution in [-0.2, 0) is 11.3 Å². The minimum absolute atomic E-state index is 0.293. The normalized spacial score (nSPS) is 13.2. The largest absolute Gasteiger partial charge is 0.383 e. The first kappa shape index (κ1) is 14.5. The van der Waals surface area contributed by atoms with Crippen LogP contribution in [0.15, 0.2) is 12.3 Å². The first-order valence-corrected chi connectivity index (χ1v) is 6.53. The minimum atomic E-state index is 0.293. The molecule has 0 saturated heterocycles. The van der Waals surface area contributed by atoms with Crippen LogP contribution in [0.5, 0.6) is 0 Å². The number of rotatable bonds is 8. The van der Waals surface area contributed by atoms with Crippen molar-refractivity contribution < 1.29 is 4.74 Å². The Morgan fingerprint density at radius 3 is 2.82 bits per heavy atom. The predicted molar refractivity (Wildman–Crippen MR) is 70.5 cm³/mol. The van der Waals surface area contributed by atoms with E-state index in [0.29, 0.717) is 24.6 Å². The summed E-state index contributed by atoms with van der Waals surface area (Å²) in [5, 5.41) is 7.89. The smallest absolute Gasteiger partial charge is 0.0762 e. The van der Waals surface area contributed by atoms with E-state index in [1.54, 1.807) is 7.11 Å². The predicted octanol–water partition coefficient (Wildman–Crippen LogP) is 2.20. The van der Waals surface area contributed by atoms with Crippen LogP contribution in [0.3, 0.4) is 0 Å². The molecule has 0 saturated carbocycles. The maximum absolute atomic E-state index is 5.74. The molecule has 1 aromatic heterocycles. The van der Waals surface area contributed by atoms with Gasteiger partial charge in [-0.1, -0.05) is 0 Å². The highest BCUT2D eigenvalue weighted by Gasteiger charge is 2.08. The Morgan fingerprint density at radius 2 is 2.29 bits per heavy atom. The molecule has 1 rings (SSSR count). The number of hydrogen-bond acceptors (Lipinski definition) is 3. The molecule has 0 aliphatic heterocycles. The number of ether oxygens (including phenoxy) is 1. The molecule has 1 N–H and O–H groups in total. The van der Waals surface area contributed by atoms with E-state index in [1.807, 2.05) is 16.9 Å². The monoisotopic (exact) mass is 259 g/mol. The molecule has 4 nitrogen and oxygen atoms in total. The summed E-state index contributed by atoms with van der Waals surface area (Å²) in [7, 11) is 1.70. The lowest BCUT2D eigenvalue weighted by molar-refractivity contribution is 0.164. The SMILES string of the molecule is COCC(CCCl)NCc1ccn(C(C)C)n1. The molecule has 1 unspecified atom stereocenters. The average molecular weight is 260 g/mol. The lowest BCUT2D eigenvalue weighted by Crippen LogP contribution is -2.33. The number of aromatic nitrogens is 2. The van der Waals surface area contributed by atoms with E-state index in [1.165, 1.54) is 0 Å². The van der Waals surface area contributed by atoms with E-state index < -0.39 is 0 Å². The summed E-state index contributed by atoms with van der Waals surface area (Å²) in [5.74, 6) is 0.640. The second kappa shape index (κ2) is 7.69. The van der Waals surface area contributed by atoms with Gasteiger partial charge in [0.05, 0.1) is 12.3 Å². The number of hydrogen-bond donors (Lipinski definition) is 1. The highest BCUT2D eigenvalue weighted by Crippen LogP contribution is 2.05. The Morgan fingerprint density at radius 1 is 1.53 bits per heavy atom. The van der Waals surface area contributed by atoms with Crippen LogP contribution in [0, 0.1) is 0 Å². The fraction of sp³-hybridized carbons (Fsp3) is 0.750. The molecule has 98 valence electrons. The number of nitrogens with zero attached hydrogens (tertiary/aromatic N) is 2. The van der Waals surface area contributed by atoms with Crippen molar-refractivity contribution in [1.29, 1.82) is 0 Å². The van der Waals surface area contributed by atoms with Gasteiger partial charge in [0.25, 0.3) is 0 Å². The molecule has 0 aliphatic carbocycles. The van der Waals surface area contributed by atoms with Gasteiger partial charge in [0.2, 0.25) is 0 Å². The second-order valence-electron chi connectivity index (χ2n) is 4.39. The third kappa shape index (κ3) is 5.06.